The number of hydrogen-bond acceptors (Lipinski definition) is 4. The van der Waals surface area contributed by atoms with Crippen molar-refractivity contribution in [1.29, 1.82) is 0 Å². The Hall–Kier alpha value is -16.2. The van der Waals surface area contributed by atoms with Crippen molar-refractivity contribution in [3.8, 4) is 28.6 Å². The van der Waals surface area contributed by atoms with E-state index in [-0.39, 0.29) is 4.90 Å². The minimum absolute atomic E-state index is 0.286. The molecule has 0 unspecified atom stereocenters. The van der Waals surface area contributed by atoms with Gasteiger partial charge in [-0.05, 0) is 229 Å². The Morgan fingerprint density at radius 2 is 0.414 bits per heavy atom. The lowest BCUT2D eigenvalue weighted by Gasteiger charge is -2.34. The second kappa shape index (κ2) is 38.7. The first-order chi connectivity index (χ1) is 68.9. The van der Waals surface area contributed by atoms with E-state index in [4.69, 9.17) is 4.74 Å². The van der Waals surface area contributed by atoms with Crippen LogP contribution in [0.25, 0.3) is 82.5 Å². The molecule has 0 bridgehead atoms. The molecule has 140 heavy (non-hydrogen) atoms. The Morgan fingerprint density at radius 1 is 0.193 bits per heavy atom. The van der Waals surface area contributed by atoms with E-state index in [1.165, 1.54) is 127 Å². The zero-order valence-electron chi connectivity index (χ0n) is 77.8. The molecule has 11 heteroatoms. The van der Waals surface area contributed by atoms with Crippen molar-refractivity contribution in [3.05, 3.63) is 563 Å². The summed E-state index contributed by atoms with van der Waals surface area (Å²) < 4.78 is 41.4. The molecule has 0 aliphatic rings. The average molecular weight is 1890 g/mol. The quantitative estimate of drug-likeness (QED) is 0.0531. The molecule has 24 rings (SSSR count). The summed E-state index contributed by atoms with van der Waals surface area (Å²) in [6.45, 7) is 6.19. The molecular formula is C129H99N3O3S2Si3. The maximum atomic E-state index is 14.0. The van der Waals surface area contributed by atoms with E-state index in [0.717, 1.165) is 55.8 Å². The highest BCUT2D eigenvalue weighted by Gasteiger charge is 2.45. The maximum Gasteiger partial charge on any atom is 0.206 e. The molecule has 0 aliphatic heterocycles. The standard InChI is InChI=1S/C43H33NO2SSi.C43H33NOSi.C43H33NSSi/c1-32-22-24-34(25-23-32)47(45,46)35-26-28-42-40(30-35)41-31-39(27-29-43(41)44(42)33-14-6-2-7-15-33)48(36-16-8-3-9-17-36,37-18-10-4-11-19-37)38-20-12-5-13-21-38;2*1-32-22-24-34(25-23-32)45-35-26-28-42-40(30-35)41-31-39(27-29-43(41)44(42)33-14-6-2-7-15-33)46(36-16-8-3-9-17-36,37-18-10-4-11-19-37)38-20-12-5-13-21-38/h2-31H,1H3;2*2-31H,1H3. The number of benzene rings is 21. The van der Waals surface area contributed by atoms with Gasteiger partial charge in [0.25, 0.3) is 0 Å². The maximum absolute atomic E-state index is 14.0. The van der Waals surface area contributed by atoms with Crippen LogP contribution in [0.4, 0.5) is 0 Å². The van der Waals surface area contributed by atoms with Crippen LogP contribution in [0.3, 0.4) is 0 Å². The third kappa shape index (κ3) is 16.5. The first kappa shape index (κ1) is 89.0. The Kier molecular flexibility index (Phi) is 24.6. The van der Waals surface area contributed by atoms with Crippen molar-refractivity contribution < 1.29 is 13.2 Å². The third-order valence-corrected chi connectivity index (χ3v) is 44.7. The molecule has 0 radical (unpaired) electrons. The van der Waals surface area contributed by atoms with Gasteiger partial charge in [-0.25, -0.2) is 8.42 Å². The van der Waals surface area contributed by atoms with Gasteiger partial charge in [0.1, 0.15) is 11.5 Å². The van der Waals surface area contributed by atoms with Gasteiger partial charge < -0.3 is 18.4 Å². The number of ether oxygens (including phenoxy) is 1. The molecule has 672 valence electrons. The van der Waals surface area contributed by atoms with Crippen molar-refractivity contribution in [2.24, 2.45) is 0 Å². The fourth-order valence-corrected chi connectivity index (χ4v) is 37.6. The summed E-state index contributed by atoms with van der Waals surface area (Å²) in [5, 5.41) is 22.9. The van der Waals surface area contributed by atoms with Gasteiger partial charge in [-0.15, -0.1) is 0 Å². The molecule has 6 nitrogen and oxygen atoms in total. The molecule has 0 amide bonds. The number of para-hydroxylation sites is 3. The van der Waals surface area contributed by atoms with Gasteiger partial charge in [0, 0.05) is 59.2 Å². The SMILES string of the molecule is Cc1ccc(Oc2ccc3c(c2)c2cc([Si](c4ccccc4)(c4ccccc4)c4ccccc4)ccc2n3-c2ccccc2)cc1.Cc1ccc(S(=O)(=O)c2ccc3c(c2)c2cc([Si](c4ccccc4)(c4ccccc4)c4ccccc4)ccc2n3-c2ccccc2)cc1.Cc1ccc(Sc2ccc3c(c2)c2cc([Si](c4ccccc4)(c4ccccc4)c4ccccc4)ccc2n3-c2ccccc2)cc1. The van der Waals surface area contributed by atoms with Crippen LogP contribution >= 0.6 is 11.8 Å². The fraction of sp³-hybridized carbons (Fsp3) is 0.0233. The van der Waals surface area contributed by atoms with Gasteiger partial charge in [0.05, 0.1) is 42.9 Å². The number of aryl methyl sites for hydroxylation is 3. The zero-order chi connectivity index (χ0) is 94.6. The molecule has 0 saturated heterocycles. The van der Waals surface area contributed by atoms with Crippen LogP contribution in [0.2, 0.25) is 0 Å². The molecule has 0 N–H and O–H groups in total. The van der Waals surface area contributed by atoms with Gasteiger partial charge in [0.15, 0.2) is 24.2 Å². The predicted octanol–water partition coefficient (Wildman–Crippen LogP) is 24.2. The summed E-state index contributed by atoms with van der Waals surface area (Å²) in [5.41, 5.74) is 13.6. The number of hydrogen-bond donors (Lipinski definition) is 0. The minimum atomic E-state index is -3.74. The van der Waals surface area contributed by atoms with Crippen LogP contribution < -0.4 is 67.0 Å². The summed E-state index contributed by atoms with van der Waals surface area (Å²) in [4.78, 5) is 3.07. The smallest absolute Gasteiger partial charge is 0.206 e. The molecule has 21 aromatic carbocycles. The van der Waals surface area contributed by atoms with Crippen LogP contribution in [0.5, 0.6) is 11.5 Å². The predicted molar refractivity (Wildman–Crippen MR) is 596 cm³/mol. The Balaban J connectivity index is 0.000000121. The summed E-state index contributed by atoms with van der Waals surface area (Å²) >= 11 is 1.82. The Labute approximate surface area is 825 Å². The molecule has 24 aromatic rings. The molecule has 0 aliphatic carbocycles. The number of aromatic nitrogens is 3. The minimum Gasteiger partial charge on any atom is -0.457 e. The Bertz CT molecular complexity index is 8020. The average Bonchev–Trinajstić information content (AvgIpc) is 1.49. The van der Waals surface area contributed by atoms with Gasteiger partial charge in [0.2, 0.25) is 9.84 Å². The largest absolute Gasteiger partial charge is 0.457 e. The summed E-state index contributed by atoms with van der Waals surface area (Å²) in [6.07, 6.45) is 0. The van der Waals surface area contributed by atoms with E-state index in [2.05, 4.69) is 501 Å². The van der Waals surface area contributed by atoms with Crippen LogP contribution in [0, 0.1) is 20.8 Å². The molecule has 3 aromatic heterocycles. The third-order valence-electron chi connectivity index (χ3n) is 27.6. The second-order valence-corrected chi connectivity index (χ2v) is 50.5. The zero-order valence-corrected chi connectivity index (χ0v) is 82.5. The topological polar surface area (TPSA) is 58.2 Å². The number of fused-ring (bicyclic) bond motifs is 9. The molecule has 0 fully saturated rings. The van der Waals surface area contributed by atoms with E-state index < -0.39 is 34.1 Å². The van der Waals surface area contributed by atoms with Crippen molar-refractivity contribution in [1.82, 2.24) is 13.7 Å². The van der Waals surface area contributed by atoms with Gasteiger partial charge in [-0.1, -0.05) is 429 Å². The second-order valence-electron chi connectivity index (χ2n) is 35.9. The Morgan fingerprint density at radius 3 is 0.721 bits per heavy atom. The van der Waals surface area contributed by atoms with Gasteiger partial charge >= 0.3 is 0 Å². The summed E-state index contributed by atoms with van der Waals surface area (Å²) in [6, 6.07) is 196. The van der Waals surface area contributed by atoms with E-state index >= 15 is 0 Å². The molecular weight excluding hydrogens is 1790 g/mol. The highest BCUT2D eigenvalue weighted by molar-refractivity contribution is 7.99. The van der Waals surface area contributed by atoms with Gasteiger partial charge in [-0.2, -0.15) is 0 Å². The highest BCUT2D eigenvalue weighted by Crippen LogP contribution is 2.41. The molecule has 0 atom stereocenters. The molecule has 3 heterocycles. The lowest BCUT2D eigenvalue weighted by molar-refractivity contribution is 0.483. The number of nitrogens with zero attached hydrogens (tertiary/aromatic N) is 3. The van der Waals surface area contributed by atoms with Crippen LogP contribution in [0.15, 0.2) is 566 Å². The van der Waals surface area contributed by atoms with Crippen molar-refractivity contribution >= 4 is 173 Å². The van der Waals surface area contributed by atoms with E-state index in [0.29, 0.717) is 4.90 Å². The lowest BCUT2D eigenvalue weighted by atomic mass is 10.1. The first-order valence-electron chi connectivity index (χ1n) is 47.6. The molecule has 0 spiro atoms. The van der Waals surface area contributed by atoms with Crippen molar-refractivity contribution in [3.63, 3.8) is 0 Å². The lowest BCUT2D eigenvalue weighted by Crippen LogP contribution is -2.74. The normalized spacial score (nSPS) is 11.8. The van der Waals surface area contributed by atoms with E-state index in [1.807, 2.05) is 73.3 Å². The number of rotatable bonds is 21. The van der Waals surface area contributed by atoms with E-state index in [9.17, 15) is 8.42 Å². The van der Waals surface area contributed by atoms with Crippen LogP contribution in [-0.4, -0.2) is 46.3 Å². The molecule has 0 saturated carbocycles. The monoisotopic (exact) mass is 1890 g/mol. The first-order valence-corrected chi connectivity index (χ1v) is 55.9. The summed E-state index contributed by atoms with van der Waals surface area (Å²) in [5.74, 6) is 1.66. The van der Waals surface area contributed by atoms with Crippen molar-refractivity contribution in [2.45, 2.75) is 40.4 Å². The van der Waals surface area contributed by atoms with E-state index in [1.54, 1.807) is 18.2 Å². The summed E-state index contributed by atoms with van der Waals surface area (Å²) in [7, 11) is -11.9. The fourth-order valence-electron chi connectivity index (χ4n) is 21.1. The number of sulfone groups is 1. The highest BCUT2D eigenvalue weighted by atomic mass is 32.2. The van der Waals surface area contributed by atoms with Crippen LogP contribution in [-0.2, 0) is 9.84 Å². The van der Waals surface area contributed by atoms with Crippen molar-refractivity contribution in [2.75, 3.05) is 0 Å². The van der Waals surface area contributed by atoms with Crippen LogP contribution in [0.1, 0.15) is 16.7 Å². The van der Waals surface area contributed by atoms with Gasteiger partial charge in [-0.3, -0.25) is 0 Å².